The molecular weight excluding hydrogens is 394 g/mol. The molecule has 1 N–H and O–H groups in total. The van der Waals surface area contributed by atoms with Gasteiger partial charge < -0.3 is 9.47 Å². The molecule has 0 saturated carbocycles. The minimum atomic E-state index is -0.886. The monoisotopic (exact) mass is 413 g/mol. The average Bonchev–Trinajstić information content (AvgIpc) is 3.37. The molecule has 0 fully saturated rings. The Hall–Kier alpha value is -3.46. The van der Waals surface area contributed by atoms with Gasteiger partial charge in [0.1, 0.15) is 11.3 Å². The first-order chi connectivity index (χ1) is 14.1. The number of thiophene rings is 1. The van der Waals surface area contributed by atoms with Gasteiger partial charge in [-0.1, -0.05) is 36.4 Å². The van der Waals surface area contributed by atoms with Crippen molar-refractivity contribution in [2.75, 3.05) is 13.2 Å². The van der Waals surface area contributed by atoms with E-state index in [9.17, 15) is 14.4 Å². The number of alkyl carbamates (subject to hydrolysis) is 1. The summed E-state index contributed by atoms with van der Waals surface area (Å²) in [5.74, 6) is -1.47. The second-order valence-electron chi connectivity index (χ2n) is 5.90. The molecule has 0 aliphatic carbocycles. The standard InChI is InChI=1S/C20H19N3O5S/c1-2-27-20(26)21-17(24)13-28-19(25)15-12-23(11-14-7-4-3-5-8-14)22-18(15)16-9-6-10-29-16/h3-10,12H,2,11,13H2,1H3,(H,21,24,26). The van der Waals surface area contributed by atoms with E-state index >= 15 is 0 Å². The summed E-state index contributed by atoms with van der Waals surface area (Å²) in [6, 6.07) is 13.4. The number of hydrogen-bond acceptors (Lipinski definition) is 7. The smallest absolute Gasteiger partial charge is 0.413 e. The highest BCUT2D eigenvalue weighted by Crippen LogP contribution is 2.27. The maximum absolute atomic E-state index is 12.6. The fourth-order valence-corrected chi connectivity index (χ4v) is 3.27. The lowest BCUT2D eigenvalue weighted by Crippen LogP contribution is -2.34. The molecule has 0 saturated heterocycles. The van der Waals surface area contributed by atoms with Gasteiger partial charge >= 0.3 is 12.1 Å². The molecule has 1 aromatic carbocycles. The summed E-state index contributed by atoms with van der Waals surface area (Å²) in [6.07, 6.45) is 0.705. The van der Waals surface area contributed by atoms with E-state index in [1.807, 2.05) is 53.2 Å². The van der Waals surface area contributed by atoms with Crippen LogP contribution in [0.2, 0.25) is 0 Å². The molecule has 29 heavy (non-hydrogen) atoms. The van der Waals surface area contributed by atoms with E-state index in [-0.39, 0.29) is 12.2 Å². The predicted molar refractivity (Wildman–Crippen MR) is 107 cm³/mol. The van der Waals surface area contributed by atoms with Crippen molar-refractivity contribution >= 4 is 29.3 Å². The number of amides is 2. The molecule has 2 aromatic heterocycles. The number of imide groups is 1. The van der Waals surface area contributed by atoms with Crippen molar-refractivity contribution in [3.05, 3.63) is 65.2 Å². The number of rotatable bonds is 7. The number of nitrogens with zero attached hydrogens (tertiary/aromatic N) is 2. The summed E-state index contributed by atoms with van der Waals surface area (Å²) in [5.41, 5.74) is 1.75. The second-order valence-corrected chi connectivity index (χ2v) is 6.84. The largest absolute Gasteiger partial charge is 0.452 e. The van der Waals surface area contributed by atoms with Crippen molar-refractivity contribution in [2.24, 2.45) is 0 Å². The predicted octanol–water partition coefficient (Wildman–Crippen LogP) is 3.09. The fraction of sp³-hybridized carbons (Fsp3) is 0.200. The number of carbonyl (C=O) groups excluding carboxylic acids is 3. The maximum atomic E-state index is 12.6. The third kappa shape index (κ3) is 5.52. The molecule has 150 valence electrons. The van der Waals surface area contributed by atoms with E-state index in [4.69, 9.17) is 4.74 Å². The molecule has 9 heteroatoms. The highest BCUT2D eigenvalue weighted by atomic mass is 32.1. The van der Waals surface area contributed by atoms with Gasteiger partial charge in [0.25, 0.3) is 5.91 Å². The lowest BCUT2D eigenvalue weighted by Gasteiger charge is -2.05. The first-order valence-corrected chi connectivity index (χ1v) is 9.73. The number of carbonyl (C=O) groups is 3. The molecule has 8 nitrogen and oxygen atoms in total. The van der Waals surface area contributed by atoms with Crippen molar-refractivity contribution in [1.29, 1.82) is 0 Å². The summed E-state index contributed by atoms with van der Waals surface area (Å²) < 4.78 is 11.3. The van der Waals surface area contributed by atoms with Crippen LogP contribution in [0.4, 0.5) is 4.79 Å². The Bertz CT molecular complexity index is 983. The van der Waals surface area contributed by atoms with Crippen molar-refractivity contribution in [2.45, 2.75) is 13.5 Å². The zero-order valence-corrected chi connectivity index (χ0v) is 16.5. The molecule has 2 amide bonds. The lowest BCUT2D eigenvalue weighted by molar-refractivity contribution is -0.123. The summed E-state index contributed by atoms with van der Waals surface area (Å²) in [6.45, 7) is 1.62. The van der Waals surface area contributed by atoms with Gasteiger partial charge in [0.05, 0.1) is 18.0 Å². The molecule has 0 bridgehead atoms. The first-order valence-electron chi connectivity index (χ1n) is 8.85. The molecule has 3 rings (SSSR count). The molecule has 0 atom stereocenters. The molecule has 0 aliphatic heterocycles. The Morgan fingerprint density at radius 3 is 2.59 bits per heavy atom. The molecule has 0 aliphatic rings. The van der Waals surface area contributed by atoms with Crippen LogP contribution in [0, 0.1) is 0 Å². The van der Waals surface area contributed by atoms with Crippen LogP contribution in [0.3, 0.4) is 0 Å². The summed E-state index contributed by atoms with van der Waals surface area (Å²) in [7, 11) is 0. The van der Waals surface area contributed by atoms with Crippen LogP contribution < -0.4 is 5.32 Å². The molecule has 0 spiro atoms. The summed E-state index contributed by atoms with van der Waals surface area (Å²) in [5, 5.41) is 8.37. The van der Waals surface area contributed by atoms with E-state index in [1.165, 1.54) is 11.3 Å². The second kappa shape index (κ2) is 9.65. The van der Waals surface area contributed by atoms with Gasteiger partial charge in [0.2, 0.25) is 0 Å². The van der Waals surface area contributed by atoms with Crippen molar-refractivity contribution in [3.63, 3.8) is 0 Å². The van der Waals surface area contributed by atoms with Gasteiger partial charge in [-0.25, -0.2) is 9.59 Å². The summed E-state index contributed by atoms with van der Waals surface area (Å²) in [4.78, 5) is 36.3. The Morgan fingerprint density at radius 2 is 1.90 bits per heavy atom. The first kappa shape index (κ1) is 20.3. The highest BCUT2D eigenvalue weighted by molar-refractivity contribution is 7.13. The topological polar surface area (TPSA) is 99.5 Å². The number of nitrogens with one attached hydrogen (secondary N) is 1. The minimum absolute atomic E-state index is 0.129. The van der Waals surface area contributed by atoms with Crippen LogP contribution in [0.15, 0.2) is 54.0 Å². The molecule has 3 aromatic rings. The highest BCUT2D eigenvalue weighted by Gasteiger charge is 2.21. The number of aromatic nitrogens is 2. The number of hydrogen-bond donors (Lipinski definition) is 1. The molecule has 0 radical (unpaired) electrons. The van der Waals surface area contributed by atoms with Crippen LogP contribution >= 0.6 is 11.3 Å². The number of benzene rings is 1. The van der Waals surface area contributed by atoms with Crippen molar-refractivity contribution in [3.8, 4) is 10.6 Å². The normalized spacial score (nSPS) is 10.4. The van der Waals surface area contributed by atoms with Gasteiger partial charge in [-0.05, 0) is 23.9 Å². The van der Waals surface area contributed by atoms with E-state index < -0.39 is 24.6 Å². The minimum Gasteiger partial charge on any atom is -0.452 e. The van der Waals surface area contributed by atoms with Crippen LogP contribution in [0.25, 0.3) is 10.6 Å². The zero-order chi connectivity index (χ0) is 20.6. The average molecular weight is 413 g/mol. The van der Waals surface area contributed by atoms with Crippen molar-refractivity contribution < 1.29 is 23.9 Å². The fourth-order valence-electron chi connectivity index (χ4n) is 2.54. The Labute approximate surface area is 171 Å². The zero-order valence-electron chi connectivity index (χ0n) is 15.7. The molecule has 0 unspecified atom stereocenters. The SMILES string of the molecule is CCOC(=O)NC(=O)COC(=O)c1cn(Cc2ccccc2)nc1-c1cccs1. The molecule has 2 heterocycles. The quantitative estimate of drug-likeness (QED) is 0.598. The third-order valence-electron chi connectivity index (χ3n) is 3.77. The number of esters is 1. The van der Waals surface area contributed by atoms with E-state index in [1.54, 1.807) is 17.8 Å². The van der Waals surface area contributed by atoms with Crippen LogP contribution in [0.1, 0.15) is 22.8 Å². The van der Waals surface area contributed by atoms with Crippen molar-refractivity contribution in [1.82, 2.24) is 15.1 Å². The molecular formula is C20H19N3O5S. The van der Waals surface area contributed by atoms with Crippen LogP contribution in [-0.2, 0) is 20.8 Å². The van der Waals surface area contributed by atoms with E-state index in [2.05, 4.69) is 9.84 Å². The Kier molecular flexibility index (Phi) is 6.75. The third-order valence-corrected chi connectivity index (χ3v) is 4.65. The summed E-state index contributed by atoms with van der Waals surface area (Å²) >= 11 is 1.44. The van der Waals surface area contributed by atoms with Crippen LogP contribution in [-0.4, -0.2) is 41.0 Å². The van der Waals surface area contributed by atoms with Gasteiger partial charge in [-0.3, -0.25) is 14.8 Å². The Balaban J connectivity index is 1.73. The van der Waals surface area contributed by atoms with Gasteiger partial charge in [0, 0.05) is 6.20 Å². The van der Waals surface area contributed by atoms with Gasteiger partial charge in [0.15, 0.2) is 6.61 Å². The Morgan fingerprint density at radius 1 is 1.10 bits per heavy atom. The number of ether oxygens (including phenoxy) is 2. The lowest BCUT2D eigenvalue weighted by atomic mass is 10.2. The van der Waals surface area contributed by atoms with Crippen LogP contribution in [0.5, 0.6) is 0 Å². The van der Waals surface area contributed by atoms with E-state index in [0.29, 0.717) is 12.2 Å². The maximum Gasteiger partial charge on any atom is 0.413 e. The van der Waals surface area contributed by atoms with Gasteiger partial charge in [-0.2, -0.15) is 5.10 Å². The van der Waals surface area contributed by atoms with Gasteiger partial charge in [-0.15, -0.1) is 11.3 Å². The van der Waals surface area contributed by atoms with E-state index in [0.717, 1.165) is 10.4 Å².